The normalized spacial score (nSPS) is 12.5. The van der Waals surface area contributed by atoms with E-state index in [-0.39, 0.29) is 27.2 Å². The van der Waals surface area contributed by atoms with Crippen LogP contribution in [-0.2, 0) is 10.0 Å². The first-order valence-electron chi connectivity index (χ1n) is 8.12. The number of sulfonamides is 1. The monoisotopic (exact) mass is 398 g/mol. The van der Waals surface area contributed by atoms with Gasteiger partial charge in [-0.1, -0.05) is 37.1 Å². The van der Waals surface area contributed by atoms with Gasteiger partial charge in [-0.3, -0.25) is 9.52 Å². The van der Waals surface area contributed by atoms with E-state index < -0.39 is 21.7 Å². The van der Waals surface area contributed by atoms with Crippen LogP contribution in [0, 0.1) is 5.82 Å². The molecule has 0 spiro atoms. The lowest BCUT2D eigenvalue weighted by atomic mass is 10.1. The molecule has 26 heavy (non-hydrogen) atoms. The number of halogens is 2. The third kappa shape index (κ3) is 4.95. The first-order chi connectivity index (χ1) is 12.2. The maximum atomic E-state index is 13.7. The van der Waals surface area contributed by atoms with E-state index in [1.807, 2.05) is 13.8 Å². The highest BCUT2D eigenvalue weighted by Crippen LogP contribution is 2.23. The molecular weight excluding hydrogens is 379 g/mol. The number of carbonyl (C=O) groups excluding carboxylic acids is 1. The van der Waals surface area contributed by atoms with Gasteiger partial charge in [-0.2, -0.15) is 0 Å². The first kappa shape index (κ1) is 20.2. The fourth-order valence-corrected chi connectivity index (χ4v) is 3.70. The van der Waals surface area contributed by atoms with Gasteiger partial charge in [0.1, 0.15) is 5.82 Å². The van der Waals surface area contributed by atoms with Gasteiger partial charge in [-0.15, -0.1) is 0 Å². The third-order valence-corrected chi connectivity index (χ3v) is 5.40. The summed E-state index contributed by atoms with van der Waals surface area (Å²) >= 11 is 6.05. The Morgan fingerprint density at radius 1 is 1.23 bits per heavy atom. The van der Waals surface area contributed by atoms with Crippen molar-refractivity contribution in [2.45, 2.75) is 37.6 Å². The molecule has 8 heteroatoms. The van der Waals surface area contributed by atoms with Crippen molar-refractivity contribution < 1.29 is 17.6 Å². The molecule has 0 saturated carbocycles. The molecule has 2 aromatic carbocycles. The molecule has 0 aliphatic heterocycles. The highest BCUT2D eigenvalue weighted by atomic mass is 35.5. The summed E-state index contributed by atoms with van der Waals surface area (Å²) in [5, 5.41) is 2.91. The van der Waals surface area contributed by atoms with Crippen molar-refractivity contribution in [3.63, 3.8) is 0 Å². The summed E-state index contributed by atoms with van der Waals surface area (Å²) in [6, 6.07) is 9.12. The number of hydrogen-bond acceptors (Lipinski definition) is 3. The van der Waals surface area contributed by atoms with Gasteiger partial charge in [0.15, 0.2) is 0 Å². The molecule has 1 unspecified atom stereocenters. The van der Waals surface area contributed by atoms with Crippen molar-refractivity contribution in [1.29, 1.82) is 0 Å². The molecule has 0 aliphatic rings. The van der Waals surface area contributed by atoms with Crippen LogP contribution in [0.1, 0.15) is 37.0 Å². The second-order valence-corrected chi connectivity index (χ2v) is 7.98. The lowest BCUT2D eigenvalue weighted by Crippen LogP contribution is -2.32. The average Bonchev–Trinajstić information content (AvgIpc) is 2.57. The summed E-state index contributed by atoms with van der Waals surface area (Å²) in [6.07, 6.45) is 1.69. The fourth-order valence-electron chi connectivity index (χ4n) is 2.40. The topological polar surface area (TPSA) is 75.3 Å². The van der Waals surface area contributed by atoms with Crippen LogP contribution in [0.4, 0.5) is 10.1 Å². The summed E-state index contributed by atoms with van der Waals surface area (Å²) in [4.78, 5) is 12.2. The molecule has 2 aromatic rings. The van der Waals surface area contributed by atoms with E-state index >= 15 is 0 Å². The van der Waals surface area contributed by atoms with Crippen molar-refractivity contribution in [2.24, 2.45) is 0 Å². The molecule has 0 fully saturated rings. The van der Waals surface area contributed by atoms with E-state index in [0.717, 1.165) is 18.9 Å². The number of rotatable bonds is 7. The SMILES string of the molecule is CCCC(C)NC(=O)c1cc(S(=O)(=O)Nc2ccccc2F)ccc1Cl. The van der Waals surface area contributed by atoms with Gasteiger partial charge in [0.2, 0.25) is 0 Å². The number of benzene rings is 2. The van der Waals surface area contributed by atoms with Crippen LogP contribution in [0.15, 0.2) is 47.4 Å². The number of anilines is 1. The Labute approximate surface area is 157 Å². The summed E-state index contributed by atoms with van der Waals surface area (Å²) in [5.74, 6) is -1.16. The minimum absolute atomic E-state index is 0.0472. The van der Waals surface area contributed by atoms with Gasteiger partial charge in [-0.05, 0) is 43.7 Å². The van der Waals surface area contributed by atoms with E-state index in [1.54, 1.807) is 0 Å². The van der Waals surface area contributed by atoms with E-state index in [2.05, 4.69) is 10.0 Å². The molecule has 0 aromatic heterocycles. The van der Waals surface area contributed by atoms with Gasteiger partial charge in [0, 0.05) is 6.04 Å². The van der Waals surface area contributed by atoms with E-state index in [1.165, 1.54) is 36.4 Å². The molecule has 2 rings (SSSR count). The van der Waals surface area contributed by atoms with Crippen LogP contribution < -0.4 is 10.0 Å². The molecule has 0 saturated heterocycles. The Bertz CT molecular complexity index is 903. The van der Waals surface area contributed by atoms with Crippen molar-refractivity contribution in [2.75, 3.05) is 4.72 Å². The Kier molecular flexibility index (Phi) is 6.61. The van der Waals surface area contributed by atoms with Crippen LogP contribution >= 0.6 is 11.6 Å². The van der Waals surface area contributed by atoms with Crippen molar-refractivity contribution in [3.8, 4) is 0 Å². The molecule has 140 valence electrons. The van der Waals surface area contributed by atoms with Gasteiger partial charge in [-0.25, -0.2) is 12.8 Å². The van der Waals surface area contributed by atoms with E-state index in [0.29, 0.717) is 0 Å². The Morgan fingerprint density at radius 3 is 2.58 bits per heavy atom. The van der Waals surface area contributed by atoms with Crippen LogP contribution in [0.25, 0.3) is 0 Å². The predicted octanol–water partition coefficient (Wildman–Crippen LogP) is 4.20. The van der Waals surface area contributed by atoms with Crippen LogP contribution in [0.3, 0.4) is 0 Å². The lowest BCUT2D eigenvalue weighted by molar-refractivity contribution is 0.0938. The van der Waals surface area contributed by atoms with Gasteiger partial charge < -0.3 is 5.32 Å². The number of nitrogens with one attached hydrogen (secondary N) is 2. The smallest absolute Gasteiger partial charge is 0.262 e. The maximum absolute atomic E-state index is 13.7. The second kappa shape index (κ2) is 8.51. The summed E-state index contributed by atoms with van der Waals surface area (Å²) in [5.41, 5.74) is -0.129. The van der Waals surface area contributed by atoms with Crippen LogP contribution in [0.2, 0.25) is 5.02 Å². The largest absolute Gasteiger partial charge is 0.350 e. The second-order valence-electron chi connectivity index (χ2n) is 5.89. The number of carbonyl (C=O) groups is 1. The van der Waals surface area contributed by atoms with Gasteiger partial charge in [0.25, 0.3) is 15.9 Å². The number of amides is 1. The lowest BCUT2D eigenvalue weighted by Gasteiger charge is -2.15. The summed E-state index contributed by atoms with van der Waals surface area (Å²) in [6.45, 7) is 3.85. The average molecular weight is 399 g/mol. The molecule has 0 heterocycles. The van der Waals surface area contributed by atoms with E-state index in [9.17, 15) is 17.6 Å². The molecule has 1 atom stereocenters. The van der Waals surface area contributed by atoms with Gasteiger partial charge >= 0.3 is 0 Å². The molecular formula is C18H20ClFN2O3S. The molecule has 1 amide bonds. The maximum Gasteiger partial charge on any atom is 0.262 e. The standard InChI is InChI=1S/C18H20ClFN2O3S/c1-3-6-12(2)21-18(23)14-11-13(9-10-15(14)19)26(24,25)22-17-8-5-4-7-16(17)20/h4-5,7-12,22H,3,6H2,1-2H3,(H,21,23). The zero-order valence-electron chi connectivity index (χ0n) is 14.4. The summed E-state index contributed by atoms with van der Waals surface area (Å²) < 4.78 is 40.9. The Hall–Kier alpha value is -2.12. The predicted molar refractivity (Wildman–Crippen MR) is 100 cm³/mol. The number of para-hydroxylation sites is 1. The van der Waals surface area contributed by atoms with E-state index in [4.69, 9.17) is 11.6 Å². The Balaban J connectivity index is 2.30. The Morgan fingerprint density at radius 2 is 1.92 bits per heavy atom. The highest BCUT2D eigenvalue weighted by Gasteiger charge is 2.20. The highest BCUT2D eigenvalue weighted by molar-refractivity contribution is 7.92. The van der Waals surface area contributed by atoms with Crippen molar-refractivity contribution >= 4 is 33.2 Å². The molecule has 0 radical (unpaired) electrons. The fraction of sp³-hybridized carbons (Fsp3) is 0.278. The third-order valence-electron chi connectivity index (χ3n) is 3.71. The first-order valence-corrected chi connectivity index (χ1v) is 9.98. The summed E-state index contributed by atoms with van der Waals surface area (Å²) in [7, 11) is -4.08. The van der Waals surface area contributed by atoms with Gasteiger partial charge in [0.05, 0.1) is 21.2 Å². The zero-order chi connectivity index (χ0) is 19.3. The molecule has 5 nitrogen and oxygen atoms in total. The quantitative estimate of drug-likeness (QED) is 0.734. The minimum atomic E-state index is -4.08. The van der Waals surface area contributed by atoms with Crippen molar-refractivity contribution in [3.05, 3.63) is 58.9 Å². The minimum Gasteiger partial charge on any atom is -0.350 e. The van der Waals surface area contributed by atoms with Crippen molar-refractivity contribution in [1.82, 2.24) is 5.32 Å². The molecule has 0 bridgehead atoms. The zero-order valence-corrected chi connectivity index (χ0v) is 16.0. The molecule has 0 aliphatic carbocycles. The van der Waals surface area contributed by atoms with Crippen LogP contribution in [-0.4, -0.2) is 20.4 Å². The van der Waals surface area contributed by atoms with Crippen LogP contribution in [0.5, 0.6) is 0 Å². The number of hydrogen-bond donors (Lipinski definition) is 2. The molecule has 2 N–H and O–H groups in total.